The Balaban J connectivity index is 1.48. The van der Waals surface area contributed by atoms with Crippen molar-refractivity contribution in [1.29, 1.82) is 5.26 Å². The zero-order chi connectivity index (χ0) is 29.7. The number of nitrogens with zero attached hydrogens (tertiary/aromatic N) is 2. The summed E-state index contributed by atoms with van der Waals surface area (Å²) in [6.07, 6.45) is 3.81. The molecule has 210 valence electrons. The first-order valence-electron chi connectivity index (χ1n) is 14.2. The number of hydrogen-bond acceptors (Lipinski definition) is 6. The van der Waals surface area contributed by atoms with Gasteiger partial charge in [0, 0.05) is 23.0 Å². The number of ether oxygens (including phenoxy) is 1. The predicted octanol–water partition coefficient (Wildman–Crippen LogP) is 5.88. The van der Waals surface area contributed by atoms with Crippen LogP contribution in [0.1, 0.15) is 49.0 Å². The fraction of sp³-hybridized carbons (Fsp3) is 0.167. The van der Waals surface area contributed by atoms with Crippen molar-refractivity contribution in [3.63, 3.8) is 0 Å². The van der Waals surface area contributed by atoms with Crippen molar-refractivity contribution in [2.75, 3.05) is 11.9 Å². The molecule has 3 heterocycles. The van der Waals surface area contributed by atoms with Crippen molar-refractivity contribution in [2.45, 2.75) is 24.4 Å². The van der Waals surface area contributed by atoms with E-state index in [1.54, 1.807) is 36.4 Å². The largest absolute Gasteiger partial charge is 0.479 e. The van der Waals surface area contributed by atoms with E-state index in [9.17, 15) is 14.4 Å². The second-order valence-electron chi connectivity index (χ2n) is 11.2. The molecule has 4 atom stereocenters. The number of Topliss-reactive ketones (excluding diaryl/α,β-unsaturated/α-hetero) is 2. The molecular formula is C36H27N3O4. The number of amides is 1. The molecule has 0 bridgehead atoms. The number of fused-ring (bicyclic) bond motifs is 6. The van der Waals surface area contributed by atoms with E-state index >= 15 is 0 Å². The summed E-state index contributed by atoms with van der Waals surface area (Å²) in [5.74, 6) is -1.46. The average Bonchev–Trinajstić information content (AvgIpc) is 3.52. The number of benzene rings is 4. The van der Waals surface area contributed by atoms with Crippen LogP contribution in [0.2, 0.25) is 0 Å². The van der Waals surface area contributed by atoms with Gasteiger partial charge in [0.2, 0.25) is 5.91 Å². The van der Waals surface area contributed by atoms with Crippen molar-refractivity contribution >= 4 is 29.2 Å². The van der Waals surface area contributed by atoms with Gasteiger partial charge in [0.25, 0.3) is 0 Å². The SMILES string of the molecule is Cc1ccc(C(=O)[C@H]2[C@H](C(=O)c3ccc(OCC#N)cc3)[C@]3(C(=O)Nc4ccccc43)[C@H]3c4ccccc4C=CN23)cc1. The van der Waals surface area contributed by atoms with Gasteiger partial charge in [-0.25, -0.2) is 0 Å². The zero-order valence-electron chi connectivity index (χ0n) is 23.4. The molecule has 4 aromatic rings. The van der Waals surface area contributed by atoms with Gasteiger partial charge in [-0.3, -0.25) is 14.4 Å². The van der Waals surface area contributed by atoms with Crippen LogP contribution >= 0.6 is 0 Å². The summed E-state index contributed by atoms with van der Waals surface area (Å²) in [6, 6.07) is 29.5. The Hall–Kier alpha value is -5.48. The highest BCUT2D eigenvalue weighted by atomic mass is 16.5. The fourth-order valence-electron chi connectivity index (χ4n) is 7.07. The summed E-state index contributed by atoms with van der Waals surface area (Å²) in [5, 5.41) is 12.0. The lowest BCUT2D eigenvalue weighted by Crippen LogP contribution is -2.49. The molecule has 1 saturated heterocycles. The van der Waals surface area contributed by atoms with Gasteiger partial charge in [-0.1, -0.05) is 72.3 Å². The van der Waals surface area contributed by atoms with Gasteiger partial charge in [-0.05, 0) is 60.0 Å². The number of para-hydroxylation sites is 1. The number of nitriles is 1. The number of aryl methyl sites for hydroxylation is 1. The molecule has 1 spiro atoms. The molecule has 0 aromatic heterocycles. The third-order valence-corrected chi connectivity index (χ3v) is 8.90. The molecule has 0 radical (unpaired) electrons. The number of nitrogens with one attached hydrogen (secondary N) is 1. The lowest BCUT2D eigenvalue weighted by Gasteiger charge is -2.38. The van der Waals surface area contributed by atoms with Gasteiger partial charge < -0.3 is 15.0 Å². The van der Waals surface area contributed by atoms with Crippen molar-refractivity contribution < 1.29 is 19.1 Å². The number of carbonyl (C=O) groups is 3. The monoisotopic (exact) mass is 565 g/mol. The van der Waals surface area contributed by atoms with Crippen LogP contribution in [0.5, 0.6) is 5.75 Å². The van der Waals surface area contributed by atoms with Crippen molar-refractivity contribution in [3.8, 4) is 11.8 Å². The summed E-state index contributed by atoms with van der Waals surface area (Å²) in [7, 11) is 0. The van der Waals surface area contributed by atoms with Gasteiger partial charge in [-0.2, -0.15) is 5.26 Å². The molecule has 0 unspecified atom stereocenters. The number of rotatable bonds is 6. The highest BCUT2D eigenvalue weighted by Gasteiger charge is 2.70. The standard InChI is InChI=1S/C36H27N3O4/c1-22-10-12-25(13-11-22)33(41)31-30(32(40)24-14-16-26(17-15-24)43-21-19-37)36(28-8-4-5-9-29(28)38-35(36)42)34-27-7-3-2-6-23(27)18-20-39(31)34/h2-18,20,30-31,34H,21H2,1H3,(H,38,42)/t30-,31-,34-,36+/m1/s1. The zero-order valence-corrected chi connectivity index (χ0v) is 23.4. The van der Waals surface area contributed by atoms with Gasteiger partial charge in [-0.15, -0.1) is 0 Å². The second kappa shape index (κ2) is 10.1. The molecule has 7 nitrogen and oxygen atoms in total. The fourth-order valence-corrected chi connectivity index (χ4v) is 7.07. The lowest BCUT2D eigenvalue weighted by molar-refractivity contribution is -0.122. The van der Waals surface area contributed by atoms with E-state index in [1.807, 2.05) is 90.8 Å². The van der Waals surface area contributed by atoms with Gasteiger partial charge in [0.15, 0.2) is 18.2 Å². The number of hydrogen-bond donors (Lipinski definition) is 1. The minimum atomic E-state index is -1.39. The molecule has 0 aliphatic carbocycles. The highest BCUT2D eigenvalue weighted by Crippen LogP contribution is 2.62. The molecular weight excluding hydrogens is 538 g/mol. The van der Waals surface area contributed by atoms with E-state index < -0.39 is 23.4 Å². The Morgan fingerprint density at radius 3 is 2.35 bits per heavy atom. The molecule has 0 saturated carbocycles. The Labute approximate surface area is 249 Å². The molecule has 7 rings (SSSR count). The van der Waals surface area contributed by atoms with E-state index in [0.717, 1.165) is 16.7 Å². The second-order valence-corrected chi connectivity index (χ2v) is 11.2. The number of anilines is 1. The molecule has 4 aromatic carbocycles. The molecule has 1 fully saturated rings. The molecule has 7 heteroatoms. The minimum absolute atomic E-state index is 0.120. The van der Waals surface area contributed by atoms with Gasteiger partial charge in [0.05, 0.1) is 12.0 Å². The quantitative estimate of drug-likeness (QED) is 0.293. The van der Waals surface area contributed by atoms with E-state index in [0.29, 0.717) is 28.1 Å². The summed E-state index contributed by atoms with van der Waals surface area (Å²) < 4.78 is 5.41. The summed E-state index contributed by atoms with van der Waals surface area (Å²) in [5.41, 5.74) is 3.61. The summed E-state index contributed by atoms with van der Waals surface area (Å²) in [6.45, 7) is 1.83. The molecule has 43 heavy (non-hydrogen) atoms. The maximum atomic E-state index is 14.9. The first kappa shape index (κ1) is 26.4. The third kappa shape index (κ3) is 3.91. The normalized spacial score (nSPS) is 22.7. The number of carbonyl (C=O) groups excluding carboxylic acids is 3. The Bertz CT molecular complexity index is 1850. The molecule has 3 aliphatic rings. The Morgan fingerprint density at radius 2 is 1.58 bits per heavy atom. The van der Waals surface area contributed by atoms with Gasteiger partial charge in [0.1, 0.15) is 23.3 Å². The molecule has 3 aliphatic heterocycles. The van der Waals surface area contributed by atoms with Crippen LogP contribution < -0.4 is 10.1 Å². The van der Waals surface area contributed by atoms with E-state index in [-0.39, 0.29) is 24.1 Å². The van der Waals surface area contributed by atoms with Crippen LogP contribution in [0.15, 0.2) is 103 Å². The van der Waals surface area contributed by atoms with E-state index in [2.05, 4.69) is 5.32 Å². The van der Waals surface area contributed by atoms with Crippen LogP contribution in [0.3, 0.4) is 0 Å². The van der Waals surface area contributed by atoms with E-state index in [4.69, 9.17) is 10.00 Å². The first-order chi connectivity index (χ1) is 20.9. The predicted molar refractivity (Wildman–Crippen MR) is 161 cm³/mol. The highest BCUT2D eigenvalue weighted by molar-refractivity contribution is 6.16. The topological polar surface area (TPSA) is 99.5 Å². The maximum absolute atomic E-state index is 14.9. The van der Waals surface area contributed by atoms with Crippen molar-refractivity contribution in [2.24, 2.45) is 5.92 Å². The van der Waals surface area contributed by atoms with Gasteiger partial charge >= 0.3 is 0 Å². The summed E-state index contributed by atoms with van der Waals surface area (Å²) in [4.78, 5) is 45.9. The van der Waals surface area contributed by atoms with Crippen LogP contribution in [0, 0.1) is 24.2 Å². The smallest absolute Gasteiger partial charge is 0.238 e. The number of ketones is 2. The maximum Gasteiger partial charge on any atom is 0.238 e. The first-order valence-corrected chi connectivity index (χ1v) is 14.2. The average molecular weight is 566 g/mol. The minimum Gasteiger partial charge on any atom is -0.479 e. The lowest BCUT2D eigenvalue weighted by atomic mass is 9.62. The molecule has 1 N–H and O–H groups in total. The van der Waals surface area contributed by atoms with E-state index in [1.165, 1.54) is 0 Å². The third-order valence-electron chi connectivity index (χ3n) is 8.90. The van der Waals surface area contributed by atoms with Crippen molar-refractivity contribution in [1.82, 2.24) is 4.90 Å². The Kier molecular flexibility index (Phi) is 6.21. The van der Waals surface area contributed by atoms with Crippen LogP contribution in [0.4, 0.5) is 5.69 Å². The van der Waals surface area contributed by atoms with Crippen LogP contribution in [-0.2, 0) is 10.2 Å². The molecule has 1 amide bonds. The Morgan fingerprint density at radius 1 is 0.907 bits per heavy atom. The summed E-state index contributed by atoms with van der Waals surface area (Å²) >= 11 is 0. The van der Waals surface area contributed by atoms with Crippen LogP contribution in [-0.4, -0.2) is 35.0 Å². The van der Waals surface area contributed by atoms with Crippen LogP contribution in [0.25, 0.3) is 6.08 Å². The van der Waals surface area contributed by atoms with Crippen molar-refractivity contribution in [3.05, 3.63) is 137 Å².